The molecule has 2 amide bonds. The Bertz CT molecular complexity index is 1090. The Labute approximate surface area is 228 Å². The number of carbonyl (C=O) groups excluding carboxylic acids is 2. The van der Waals surface area contributed by atoms with Gasteiger partial charge in [-0.2, -0.15) is 11.8 Å². The van der Waals surface area contributed by atoms with E-state index in [-0.39, 0.29) is 18.4 Å². The molecule has 4 nitrogen and oxygen atoms in total. The highest BCUT2D eigenvalue weighted by Crippen LogP contribution is 2.28. The monoisotopic (exact) mass is 542 g/mol. The maximum Gasteiger partial charge on any atom is 0.243 e. The standard InChI is InChI=1S/C29H32Cl2N2O2S/c1-2-17-32-29(35)27(19-22-10-5-3-6-11-22)33(20-24-25(30)14-9-15-26(24)31)28(34)16-18-36-21-23-12-7-4-8-13-23/h3-15,27H,2,16-21H2,1H3,(H,32,35)/t27-/m0/s1. The molecule has 0 radical (unpaired) electrons. The smallest absolute Gasteiger partial charge is 0.243 e. The molecule has 0 spiro atoms. The van der Waals surface area contributed by atoms with Gasteiger partial charge in [0.1, 0.15) is 6.04 Å². The van der Waals surface area contributed by atoms with E-state index < -0.39 is 6.04 Å². The topological polar surface area (TPSA) is 49.4 Å². The lowest BCUT2D eigenvalue weighted by molar-refractivity contribution is -0.141. The van der Waals surface area contributed by atoms with Gasteiger partial charge in [-0.1, -0.05) is 96.9 Å². The summed E-state index contributed by atoms with van der Waals surface area (Å²) in [6, 6.07) is 24.5. The summed E-state index contributed by atoms with van der Waals surface area (Å²) in [5.41, 5.74) is 2.85. The van der Waals surface area contributed by atoms with Gasteiger partial charge in [-0.25, -0.2) is 0 Å². The van der Waals surface area contributed by atoms with Crippen molar-refractivity contribution in [1.29, 1.82) is 0 Å². The Hall–Kier alpha value is -2.47. The molecule has 190 valence electrons. The molecule has 1 atom stereocenters. The highest BCUT2D eigenvalue weighted by atomic mass is 35.5. The predicted octanol–water partition coefficient (Wildman–Crippen LogP) is 6.78. The van der Waals surface area contributed by atoms with Gasteiger partial charge in [0, 0.05) is 53.0 Å². The molecule has 0 heterocycles. The average Bonchev–Trinajstić information content (AvgIpc) is 2.89. The van der Waals surface area contributed by atoms with E-state index in [4.69, 9.17) is 23.2 Å². The molecular weight excluding hydrogens is 511 g/mol. The van der Waals surface area contributed by atoms with Gasteiger partial charge in [0.15, 0.2) is 0 Å². The third-order valence-electron chi connectivity index (χ3n) is 5.78. The van der Waals surface area contributed by atoms with Crippen LogP contribution in [0, 0.1) is 0 Å². The van der Waals surface area contributed by atoms with Crippen molar-refractivity contribution in [2.24, 2.45) is 0 Å². The molecule has 3 aromatic carbocycles. The summed E-state index contributed by atoms with van der Waals surface area (Å²) in [6.07, 6.45) is 1.53. The van der Waals surface area contributed by atoms with Crippen LogP contribution in [0.15, 0.2) is 78.9 Å². The largest absolute Gasteiger partial charge is 0.354 e. The molecule has 36 heavy (non-hydrogen) atoms. The van der Waals surface area contributed by atoms with Crippen LogP contribution in [0.2, 0.25) is 10.0 Å². The second kappa shape index (κ2) is 14.9. The molecule has 0 aliphatic carbocycles. The molecule has 0 bridgehead atoms. The van der Waals surface area contributed by atoms with Crippen LogP contribution in [0.1, 0.15) is 36.5 Å². The van der Waals surface area contributed by atoms with E-state index in [0.29, 0.717) is 40.7 Å². The number of rotatable bonds is 13. The van der Waals surface area contributed by atoms with Crippen molar-refractivity contribution in [2.45, 2.75) is 44.5 Å². The Kier molecular flexibility index (Phi) is 11.7. The van der Waals surface area contributed by atoms with Crippen LogP contribution in [0.4, 0.5) is 0 Å². The minimum Gasteiger partial charge on any atom is -0.354 e. The Morgan fingerprint density at radius 1 is 0.889 bits per heavy atom. The van der Waals surface area contributed by atoms with Crippen molar-refractivity contribution in [3.63, 3.8) is 0 Å². The van der Waals surface area contributed by atoms with E-state index in [0.717, 1.165) is 17.7 Å². The molecule has 0 aliphatic rings. The van der Waals surface area contributed by atoms with Gasteiger partial charge in [0.25, 0.3) is 0 Å². The number of hydrogen-bond donors (Lipinski definition) is 1. The van der Waals surface area contributed by atoms with Gasteiger partial charge in [0.2, 0.25) is 11.8 Å². The molecule has 0 fully saturated rings. The third-order valence-corrected chi connectivity index (χ3v) is 7.52. The van der Waals surface area contributed by atoms with E-state index in [1.165, 1.54) is 5.56 Å². The third kappa shape index (κ3) is 8.58. The lowest BCUT2D eigenvalue weighted by Gasteiger charge is -2.32. The van der Waals surface area contributed by atoms with Crippen molar-refractivity contribution < 1.29 is 9.59 Å². The van der Waals surface area contributed by atoms with Gasteiger partial charge in [-0.3, -0.25) is 9.59 Å². The van der Waals surface area contributed by atoms with Crippen molar-refractivity contribution in [3.05, 3.63) is 106 Å². The van der Waals surface area contributed by atoms with Gasteiger partial charge in [0.05, 0.1) is 0 Å². The van der Waals surface area contributed by atoms with Gasteiger partial charge < -0.3 is 10.2 Å². The van der Waals surface area contributed by atoms with Crippen LogP contribution >= 0.6 is 35.0 Å². The zero-order valence-corrected chi connectivity index (χ0v) is 22.8. The SMILES string of the molecule is CCCNC(=O)[C@H](Cc1ccccc1)N(Cc1c(Cl)cccc1Cl)C(=O)CCSCc1ccccc1. The van der Waals surface area contributed by atoms with Crippen LogP contribution in [0.25, 0.3) is 0 Å². The molecule has 0 aliphatic heterocycles. The number of nitrogens with zero attached hydrogens (tertiary/aromatic N) is 1. The fraction of sp³-hybridized carbons (Fsp3) is 0.310. The van der Waals surface area contributed by atoms with Crippen LogP contribution in [0.5, 0.6) is 0 Å². The van der Waals surface area contributed by atoms with Crippen LogP contribution in [-0.4, -0.2) is 35.1 Å². The van der Waals surface area contributed by atoms with Gasteiger partial charge in [-0.15, -0.1) is 0 Å². The molecular formula is C29H32Cl2N2O2S. The number of nitrogens with one attached hydrogen (secondary N) is 1. The lowest BCUT2D eigenvalue weighted by Crippen LogP contribution is -2.50. The first-order chi connectivity index (χ1) is 17.5. The Morgan fingerprint density at radius 2 is 1.50 bits per heavy atom. The predicted molar refractivity (Wildman–Crippen MR) is 151 cm³/mol. The second-order valence-corrected chi connectivity index (χ2v) is 10.4. The maximum absolute atomic E-state index is 13.6. The average molecular weight is 544 g/mol. The first-order valence-corrected chi connectivity index (χ1v) is 14.1. The quantitative estimate of drug-likeness (QED) is 0.242. The first-order valence-electron chi connectivity index (χ1n) is 12.1. The molecule has 0 saturated heterocycles. The molecule has 3 rings (SSSR count). The van der Waals surface area contributed by atoms with E-state index >= 15 is 0 Å². The van der Waals surface area contributed by atoms with Crippen molar-refractivity contribution in [2.75, 3.05) is 12.3 Å². The molecule has 0 saturated carbocycles. The van der Waals surface area contributed by atoms with Crippen molar-refractivity contribution >= 4 is 46.8 Å². The minimum atomic E-state index is -0.682. The number of amides is 2. The molecule has 7 heteroatoms. The Balaban J connectivity index is 1.83. The van der Waals surface area contributed by atoms with E-state index in [1.807, 2.05) is 55.5 Å². The number of halogens is 2. The summed E-state index contributed by atoms with van der Waals surface area (Å²) in [7, 11) is 0. The van der Waals surface area contributed by atoms with Crippen molar-refractivity contribution in [3.8, 4) is 0 Å². The summed E-state index contributed by atoms with van der Waals surface area (Å²) in [5, 5.41) is 3.94. The summed E-state index contributed by atoms with van der Waals surface area (Å²) < 4.78 is 0. The zero-order chi connectivity index (χ0) is 25.8. The molecule has 0 aromatic heterocycles. The first kappa shape index (κ1) is 28.1. The number of thioether (sulfide) groups is 1. The van der Waals surface area contributed by atoms with E-state index in [1.54, 1.807) is 34.9 Å². The van der Waals surface area contributed by atoms with Crippen LogP contribution in [-0.2, 0) is 28.3 Å². The summed E-state index contributed by atoms with van der Waals surface area (Å²) >= 11 is 14.7. The van der Waals surface area contributed by atoms with Crippen LogP contribution in [0.3, 0.4) is 0 Å². The highest BCUT2D eigenvalue weighted by Gasteiger charge is 2.31. The van der Waals surface area contributed by atoms with Crippen LogP contribution < -0.4 is 5.32 Å². The summed E-state index contributed by atoms with van der Waals surface area (Å²) in [5.74, 6) is 1.21. The van der Waals surface area contributed by atoms with Gasteiger partial charge >= 0.3 is 0 Å². The zero-order valence-electron chi connectivity index (χ0n) is 20.5. The second-order valence-electron chi connectivity index (χ2n) is 8.51. The highest BCUT2D eigenvalue weighted by molar-refractivity contribution is 7.98. The number of benzene rings is 3. The number of hydrogen-bond acceptors (Lipinski definition) is 3. The molecule has 0 unspecified atom stereocenters. The normalized spacial score (nSPS) is 11.6. The van der Waals surface area contributed by atoms with E-state index in [9.17, 15) is 9.59 Å². The fourth-order valence-electron chi connectivity index (χ4n) is 3.84. The minimum absolute atomic E-state index is 0.0980. The maximum atomic E-state index is 13.6. The lowest BCUT2D eigenvalue weighted by atomic mass is 10.0. The Morgan fingerprint density at radius 3 is 2.11 bits per heavy atom. The molecule has 1 N–H and O–H groups in total. The van der Waals surface area contributed by atoms with E-state index in [2.05, 4.69) is 17.4 Å². The van der Waals surface area contributed by atoms with Crippen molar-refractivity contribution in [1.82, 2.24) is 10.2 Å². The van der Waals surface area contributed by atoms with Gasteiger partial charge in [-0.05, 0) is 29.7 Å². The summed E-state index contributed by atoms with van der Waals surface area (Å²) in [4.78, 5) is 28.6. The molecule has 3 aromatic rings. The summed E-state index contributed by atoms with van der Waals surface area (Å²) in [6.45, 7) is 2.71. The fourth-order valence-corrected chi connectivity index (χ4v) is 5.25. The number of carbonyl (C=O) groups is 2.